The van der Waals surface area contributed by atoms with E-state index < -0.39 is 6.04 Å². The molecule has 0 aromatic heterocycles. The van der Waals surface area contributed by atoms with Crippen molar-refractivity contribution in [2.45, 2.75) is 25.6 Å². The van der Waals surface area contributed by atoms with Gasteiger partial charge in [-0.3, -0.25) is 4.79 Å². The molecule has 0 heterocycles. The molecule has 9 N–H and O–H groups in total. The van der Waals surface area contributed by atoms with E-state index in [1.807, 2.05) is 54.6 Å². The van der Waals surface area contributed by atoms with Gasteiger partial charge in [0, 0.05) is 13.0 Å². The van der Waals surface area contributed by atoms with Gasteiger partial charge in [0.05, 0.1) is 6.54 Å². The Balaban J connectivity index is 1.96. The second-order valence-corrected chi connectivity index (χ2v) is 6.03. The summed E-state index contributed by atoms with van der Waals surface area (Å²) >= 11 is 0. The maximum Gasteiger partial charge on any atom is 0.245 e. The van der Waals surface area contributed by atoms with Gasteiger partial charge in [0.15, 0.2) is 11.9 Å². The summed E-state index contributed by atoms with van der Waals surface area (Å²) in [6.07, 6.45) is 0.419. The molecule has 1 amide bonds. The molecule has 0 saturated carbocycles. The van der Waals surface area contributed by atoms with Crippen molar-refractivity contribution in [3.05, 3.63) is 71.3 Å². The molecule has 0 spiro atoms. The second kappa shape index (κ2) is 9.81. The van der Waals surface area contributed by atoms with Crippen LogP contribution >= 0.6 is 0 Å². The van der Waals surface area contributed by atoms with Gasteiger partial charge in [-0.25, -0.2) is 9.98 Å². The van der Waals surface area contributed by atoms with Crippen molar-refractivity contribution in [2.24, 2.45) is 32.9 Å². The third kappa shape index (κ3) is 7.07. The second-order valence-electron chi connectivity index (χ2n) is 6.03. The monoisotopic (exact) mass is 367 g/mol. The Labute approximate surface area is 158 Å². The van der Waals surface area contributed by atoms with Crippen LogP contribution in [-0.2, 0) is 24.3 Å². The number of hydrogen-bond acceptors (Lipinski definition) is 3. The van der Waals surface area contributed by atoms with E-state index in [0.717, 1.165) is 16.7 Å². The molecule has 8 nitrogen and oxygen atoms in total. The minimum atomic E-state index is -0.682. The van der Waals surface area contributed by atoms with Gasteiger partial charge < -0.3 is 28.3 Å². The quantitative estimate of drug-likeness (QED) is 0.327. The lowest BCUT2D eigenvalue weighted by atomic mass is 10.1. The Morgan fingerprint density at radius 3 is 2.07 bits per heavy atom. The van der Waals surface area contributed by atoms with Crippen molar-refractivity contribution in [3.8, 4) is 0 Å². The van der Waals surface area contributed by atoms with E-state index in [9.17, 15) is 4.79 Å². The lowest BCUT2D eigenvalue weighted by Crippen LogP contribution is -2.37. The summed E-state index contributed by atoms with van der Waals surface area (Å²) in [4.78, 5) is 20.5. The van der Waals surface area contributed by atoms with Crippen molar-refractivity contribution in [2.75, 3.05) is 0 Å². The Bertz CT molecular complexity index is 793. The maximum atomic E-state index is 12.5. The van der Waals surface area contributed by atoms with Crippen LogP contribution in [0.3, 0.4) is 0 Å². The minimum absolute atomic E-state index is 0.0514. The number of hydrogen-bond donors (Lipinski definition) is 5. The van der Waals surface area contributed by atoms with Crippen molar-refractivity contribution >= 4 is 17.8 Å². The van der Waals surface area contributed by atoms with Gasteiger partial charge in [-0.1, -0.05) is 54.6 Å². The van der Waals surface area contributed by atoms with E-state index >= 15 is 0 Å². The molecule has 27 heavy (non-hydrogen) atoms. The van der Waals surface area contributed by atoms with E-state index in [1.165, 1.54) is 0 Å². The zero-order valence-corrected chi connectivity index (χ0v) is 15.0. The van der Waals surface area contributed by atoms with E-state index in [4.69, 9.17) is 22.9 Å². The first-order valence-electron chi connectivity index (χ1n) is 8.47. The average Bonchev–Trinajstić information content (AvgIpc) is 2.65. The fraction of sp³-hybridized carbons (Fsp3) is 0.211. The number of benzene rings is 2. The van der Waals surface area contributed by atoms with Crippen LogP contribution in [0.2, 0.25) is 0 Å². The molecule has 0 aliphatic rings. The zero-order valence-electron chi connectivity index (χ0n) is 15.0. The molecular formula is C19H25N7O. The molecule has 142 valence electrons. The number of aliphatic imine (C=N–C) groups is 2. The van der Waals surface area contributed by atoms with E-state index in [2.05, 4.69) is 15.3 Å². The van der Waals surface area contributed by atoms with Gasteiger partial charge in [-0.15, -0.1) is 0 Å². The first kappa shape index (κ1) is 19.8. The van der Waals surface area contributed by atoms with Crippen LogP contribution < -0.4 is 28.3 Å². The summed E-state index contributed by atoms with van der Waals surface area (Å²) in [6, 6.07) is 16.5. The van der Waals surface area contributed by atoms with Gasteiger partial charge in [0.1, 0.15) is 6.04 Å². The van der Waals surface area contributed by atoms with Gasteiger partial charge in [-0.05, 0) is 16.7 Å². The largest absolute Gasteiger partial charge is 0.370 e. The molecule has 0 unspecified atom stereocenters. The molecule has 0 radical (unpaired) electrons. The third-order valence-electron chi connectivity index (χ3n) is 3.81. The SMILES string of the molecule is NC(N)=NCc1ccc(CNC(=O)[C@H](Cc2ccccc2)N=C(N)N)cc1. The number of nitrogens with zero attached hydrogens (tertiary/aromatic N) is 2. The van der Waals surface area contributed by atoms with Crippen LogP contribution in [0.25, 0.3) is 0 Å². The smallest absolute Gasteiger partial charge is 0.245 e. The topological polar surface area (TPSA) is 158 Å². The van der Waals surface area contributed by atoms with Gasteiger partial charge in [-0.2, -0.15) is 0 Å². The highest BCUT2D eigenvalue weighted by molar-refractivity contribution is 5.86. The molecular weight excluding hydrogens is 342 g/mol. The van der Waals surface area contributed by atoms with Crippen molar-refractivity contribution < 1.29 is 4.79 Å². The highest BCUT2D eigenvalue weighted by Crippen LogP contribution is 2.08. The number of rotatable bonds is 8. The summed E-state index contributed by atoms with van der Waals surface area (Å²) in [5, 5.41) is 2.87. The van der Waals surface area contributed by atoms with E-state index in [-0.39, 0.29) is 17.8 Å². The van der Waals surface area contributed by atoms with Gasteiger partial charge in [0.25, 0.3) is 0 Å². The molecule has 8 heteroatoms. The summed E-state index contributed by atoms with van der Waals surface area (Å²) in [7, 11) is 0. The molecule has 0 aliphatic heterocycles. The van der Waals surface area contributed by atoms with E-state index in [0.29, 0.717) is 19.5 Å². The molecule has 2 rings (SSSR count). The van der Waals surface area contributed by atoms with Crippen LogP contribution in [0.1, 0.15) is 16.7 Å². The molecule has 0 saturated heterocycles. The molecule has 0 aliphatic carbocycles. The zero-order chi connectivity index (χ0) is 19.6. The first-order chi connectivity index (χ1) is 12.9. The predicted octanol–water partition coefficient (Wildman–Crippen LogP) is -0.0391. The maximum absolute atomic E-state index is 12.5. The summed E-state index contributed by atoms with van der Waals surface area (Å²) in [6.45, 7) is 0.783. The van der Waals surface area contributed by atoms with Crippen LogP contribution in [0.4, 0.5) is 0 Å². The normalized spacial score (nSPS) is 11.3. The van der Waals surface area contributed by atoms with Crippen molar-refractivity contribution in [3.63, 3.8) is 0 Å². The third-order valence-corrected chi connectivity index (χ3v) is 3.81. The number of carbonyl (C=O) groups excluding carboxylic acids is 1. The Hall–Kier alpha value is -3.55. The summed E-state index contributed by atoms with van der Waals surface area (Å²) in [5.41, 5.74) is 24.5. The lowest BCUT2D eigenvalue weighted by Gasteiger charge is -2.14. The molecule has 0 bridgehead atoms. The van der Waals surface area contributed by atoms with Crippen LogP contribution in [0, 0.1) is 0 Å². The van der Waals surface area contributed by atoms with Gasteiger partial charge in [0.2, 0.25) is 5.91 Å². The van der Waals surface area contributed by atoms with Crippen LogP contribution in [0.15, 0.2) is 64.6 Å². The number of amides is 1. The lowest BCUT2D eigenvalue weighted by molar-refractivity contribution is -0.122. The highest BCUT2D eigenvalue weighted by atomic mass is 16.2. The summed E-state index contributed by atoms with van der Waals surface area (Å²) in [5.74, 6) is -0.303. The van der Waals surface area contributed by atoms with Crippen molar-refractivity contribution in [1.29, 1.82) is 0 Å². The Morgan fingerprint density at radius 1 is 0.852 bits per heavy atom. The minimum Gasteiger partial charge on any atom is -0.370 e. The molecule has 2 aromatic rings. The predicted molar refractivity (Wildman–Crippen MR) is 108 cm³/mol. The number of guanidine groups is 2. The highest BCUT2D eigenvalue weighted by Gasteiger charge is 2.18. The first-order valence-corrected chi connectivity index (χ1v) is 8.47. The number of carbonyl (C=O) groups is 1. The average molecular weight is 367 g/mol. The standard InChI is InChI=1S/C19H25N7O/c20-18(21)25-12-15-8-6-14(7-9-15)11-24-17(27)16(26-19(22)23)10-13-4-2-1-3-5-13/h1-9,16H,10-12H2,(H,24,27)(H4,20,21,25)(H4,22,23,26)/t16-/m0/s1. The Morgan fingerprint density at radius 2 is 1.48 bits per heavy atom. The summed E-state index contributed by atoms with van der Waals surface area (Å²) < 4.78 is 0. The fourth-order valence-corrected chi connectivity index (χ4v) is 2.47. The van der Waals surface area contributed by atoms with Crippen molar-refractivity contribution in [1.82, 2.24) is 5.32 Å². The molecule has 2 aromatic carbocycles. The Kier molecular flexibility index (Phi) is 7.18. The number of nitrogens with one attached hydrogen (secondary N) is 1. The van der Waals surface area contributed by atoms with Crippen LogP contribution in [0.5, 0.6) is 0 Å². The molecule has 0 fully saturated rings. The number of nitrogens with two attached hydrogens (primary N) is 4. The van der Waals surface area contributed by atoms with Gasteiger partial charge >= 0.3 is 0 Å². The fourth-order valence-electron chi connectivity index (χ4n) is 2.47. The van der Waals surface area contributed by atoms with E-state index in [1.54, 1.807) is 0 Å². The van der Waals surface area contributed by atoms with Crippen LogP contribution in [-0.4, -0.2) is 23.9 Å². The molecule has 1 atom stereocenters.